The van der Waals surface area contributed by atoms with E-state index < -0.39 is 5.60 Å². The molecule has 0 radical (unpaired) electrons. The fraction of sp³-hybridized carbons (Fsp3) is 0.438. The summed E-state index contributed by atoms with van der Waals surface area (Å²) in [4.78, 5) is 21.4. The Morgan fingerprint density at radius 2 is 2.29 bits per heavy atom. The number of aromatic nitrogens is 1. The maximum Gasteiger partial charge on any atom is 0.340 e. The summed E-state index contributed by atoms with van der Waals surface area (Å²) in [7, 11) is 1.41. The molecule has 2 aliphatic heterocycles. The number of nitrogens with one attached hydrogen (secondary N) is 1. The van der Waals surface area contributed by atoms with Gasteiger partial charge in [-0.2, -0.15) is 5.06 Å². The molecule has 1 aromatic heterocycles. The lowest BCUT2D eigenvalue weighted by molar-refractivity contribution is -0.216. The van der Waals surface area contributed by atoms with Crippen LogP contribution in [0.1, 0.15) is 30.6 Å². The van der Waals surface area contributed by atoms with E-state index in [1.165, 1.54) is 23.8 Å². The number of ether oxygens (including phenoxy) is 1. The van der Waals surface area contributed by atoms with E-state index in [-0.39, 0.29) is 12.0 Å². The van der Waals surface area contributed by atoms with Gasteiger partial charge in [0.1, 0.15) is 0 Å². The minimum atomic E-state index is -0.891. The first kappa shape index (κ1) is 12.9. The number of rotatable bonds is 1. The summed E-state index contributed by atoms with van der Waals surface area (Å²) in [5.41, 5.74) is 2.79. The van der Waals surface area contributed by atoms with Crippen molar-refractivity contribution in [3.63, 3.8) is 0 Å². The molecule has 1 N–H and O–H groups in total. The third kappa shape index (κ3) is 1.74. The van der Waals surface area contributed by atoms with E-state index in [0.29, 0.717) is 6.42 Å². The molecule has 3 heterocycles. The highest BCUT2D eigenvalue weighted by Gasteiger charge is 2.51. The molecular weight excluding hydrogens is 268 g/mol. The zero-order valence-electron chi connectivity index (χ0n) is 12.2. The van der Waals surface area contributed by atoms with Crippen LogP contribution < -0.4 is 0 Å². The number of hydrogen-bond donors (Lipinski definition) is 1. The van der Waals surface area contributed by atoms with Crippen LogP contribution in [0.15, 0.2) is 24.3 Å². The van der Waals surface area contributed by atoms with Gasteiger partial charge in [0.25, 0.3) is 0 Å². The molecule has 2 atom stereocenters. The summed E-state index contributed by atoms with van der Waals surface area (Å²) in [6.45, 7) is 2.60. The first-order valence-electron chi connectivity index (χ1n) is 7.26. The van der Waals surface area contributed by atoms with Crippen LogP contribution >= 0.6 is 0 Å². The van der Waals surface area contributed by atoms with Crippen LogP contribution in [0.25, 0.3) is 10.9 Å². The van der Waals surface area contributed by atoms with Crippen molar-refractivity contribution in [2.45, 2.75) is 31.4 Å². The first-order chi connectivity index (χ1) is 10.1. The van der Waals surface area contributed by atoms with Gasteiger partial charge in [-0.1, -0.05) is 18.2 Å². The molecule has 2 aromatic rings. The molecule has 110 valence electrons. The fourth-order valence-electron chi connectivity index (χ4n) is 3.61. The Hall–Kier alpha value is -1.85. The van der Waals surface area contributed by atoms with Crippen molar-refractivity contribution < 1.29 is 14.4 Å². The molecule has 0 unspecified atom stereocenters. The van der Waals surface area contributed by atoms with Gasteiger partial charge in [-0.25, -0.2) is 4.79 Å². The summed E-state index contributed by atoms with van der Waals surface area (Å²) in [5, 5.41) is 3.20. The predicted octanol–water partition coefficient (Wildman–Crippen LogP) is 2.33. The fourth-order valence-corrected chi connectivity index (χ4v) is 3.61. The number of para-hydroxylation sites is 1. The van der Waals surface area contributed by atoms with Gasteiger partial charge < -0.3 is 9.72 Å². The van der Waals surface area contributed by atoms with Crippen LogP contribution in [0, 0.1) is 0 Å². The topological polar surface area (TPSA) is 54.6 Å². The number of esters is 1. The van der Waals surface area contributed by atoms with Crippen molar-refractivity contribution in [2.24, 2.45) is 0 Å². The zero-order chi connectivity index (χ0) is 14.6. The third-order valence-corrected chi connectivity index (χ3v) is 4.63. The Kier molecular flexibility index (Phi) is 2.65. The molecule has 21 heavy (non-hydrogen) atoms. The molecule has 2 aliphatic rings. The lowest BCUT2D eigenvalue weighted by Gasteiger charge is -2.28. The van der Waals surface area contributed by atoms with Gasteiger partial charge in [0, 0.05) is 29.6 Å². The molecule has 5 heteroatoms. The van der Waals surface area contributed by atoms with Crippen LogP contribution in [-0.4, -0.2) is 35.3 Å². The van der Waals surface area contributed by atoms with Gasteiger partial charge in [-0.15, -0.1) is 0 Å². The summed E-state index contributed by atoms with van der Waals surface area (Å²) in [6, 6.07) is 8.42. The molecule has 1 fully saturated rings. The zero-order valence-corrected chi connectivity index (χ0v) is 12.2. The van der Waals surface area contributed by atoms with E-state index in [1.54, 1.807) is 6.92 Å². The Balaban J connectivity index is 1.78. The van der Waals surface area contributed by atoms with Gasteiger partial charge >= 0.3 is 5.97 Å². The van der Waals surface area contributed by atoms with E-state index in [2.05, 4.69) is 23.2 Å². The highest BCUT2D eigenvalue weighted by molar-refractivity contribution is 5.85. The first-order valence-corrected chi connectivity index (χ1v) is 7.26. The van der Waals surface area contributed by atoms with Crippen molar-refractivity contribution in [3.8, 4) is 0 Å². The number of benzene rings is 1. The minimum absolute atomic E-state index is 0.0882. The smallest absolute Gasteiger partial charge is 0.340 e. The molecule has 0 spiro atoms. The highest BCUT2D eigenvalue weighted by atomic mass is 16.7. The summed E-state index contributed by atoms with van der Waals surface area (Å²) in [6.07, 6.45) is 1.53. The van der Waals surface area contributed by atoms with Crippen LogP contribution in [0.2, 0.25) is 0 Å². The van der Waals surface area contributed by atoms with Crippen molar-refractivity contribution in [1.82, 2.24) is 10.0 Å². The Morgan fingerprint density at radius 1 is 1.48 bits per heavy atom. The third-order valence-electron chi connectivity index (χ3n) is 4.63. The second-order valence-electron chi connectivity index (χ2n) is 5.99. The molecular formula is C16H18N2O3. The van der Waals surface area contributed by atoms with Crippen molar-refractivity contribution in [3.05, 3.63) is 35.5 Å². The molecule has 1 saturated heterocycles. The molecule has 0 saturated carbocycles. The van der Waals surface area contributed by atoms with E-state index >= 15 is 0 Å². The maximum absolute atomic E-state index is 12.0. The summed E-state index contributed by atoms with van der Waals surface area (Å²) in [5.74, 6) is -0.311. The summed E-state index contributed by atoms with van der Waals surface area (Å²) < 4.78 is 4.89. The van der Waals surface area contributed by atoms with Crippen molar-refractivity contribution in [1.29, 1.82) is 0 Å². The van der Waals surface area contributed by atoms with E-state index in [4.69, 9.17) is 9.57 Å². The summed E-state index contributed by atoms with van der Waals surface area (Å²) >= 11 is 0. The minimum Gasteiger partial charge on any atom is -0.467 e. The predicted molar refractivity (Wildman–Crippen MR) is 77.6 cm³/mol. The number of fused-ring (bicyclic) bond motifs is 5. The molecule has 1 aromatic carbocycles. The lowest BCUT2D eigenvalue weighted by atomic mass is 9.92. The van der Waals surface area contributed by atoms with Gasteiger partial charge in [0.2, 0.25) is 0 Å². The van der Waals surface area contributed by atoms with E-state index in [9.17, 15) is 4.79 Å². The lowest BCUT2D eigenvalue weighted by Crippen LogP contribution is -2.38. The number of hydroxylamine groups is 2. The van der Waals surface area contributed by atoms with Gasteiger partial charge in [-0.3, -0.25) is 4.84 Å². The average molecular weight is 286 g/mol. The van der Waals surface area contributed by atoms with E-state index in [1.807, 2.05) is 11.1 Å². The standard InChI is InChI=1S/C16H18N2O3/c1-16(15(19)20-2)9-13-14-11(7-8-18(13)21-16)10-5-3-4-6-12(10)17-14/h3-6,13,17H,7-9H2,1-2H3/t13-,16-/m0/s1. The van der Waals surface area contributed by atoms with Crippen LogP contribution in [0.3, 0.4) is 0 Å². The highest BCUT2D eigenvalue weighted by Crippen LogP contribution is 2.45. The molecule has 4 rings (SSSR count). The van der Waals surface area contributed by atoms with E-state index in [0.717, 1.165) is 18.5 Å². The molecule has 0 amide bonds. The Morgan fingerprint density at radius 3 is 3.10 bits per heavy atom. The van der Waals surface area contributed by atoms with Crippen LogP contribution in [0.4, 0.5) is 0 Å². The SMILES string of the molecule is COC(=O)[C@]1(C)C[C@H]2c3[nH]c4ccccc4c3CCN2O1. The largest absolute Gasteiger partial charge is 0.467 e. The number of methoxy groups -OCH3 is 1. The van der Waals surface area contributed by atoms with Gasteiger partial charge in [0.15, 0.2) is 5.60 Å². The second-order valence-corrected chi connectivity index (χ2v) is 5.99. The molecule has 0 bridgehead atoms. The van der Waals surface area contributed by atoms with Gasteiger partial charge in [0.05, 0.1) is 13.2 Å². The van der Waals surface area contributed by atoms with Crippen LogP contribution in [-0.2, 0) is 20.8 Å². The Labute approximate surface area is 122 Å². The van der Waals surface area contributed by atoms with Crippen LogP contribution in [0.5, 0.6) is 0 Å². The Bertz CT molecular complexity index is 723. The average Bonchev–Trinajstić information content (AvgIpc) is 3.04. The number of carbonyl (C=O) groups is 1. The maximum atomic E-state index is 12.0. The van der Waals surface area contributed by atoms with Gasteiger partial charge in [-0.05, 0) is 25.0 Å². The number of aromatic amines is 1. The molecule has 5 nitrogen and oxygen atoms in total. The normalized spacial score (nSPS) is 28.4. The number of carbonyl (C=O) groups excluding carboxylic acids is 1. The number of nitrogens with zero attached hydrogens (tertiary/aromatic N) is 1. The molecule has 0 aliphatic carbocycles. The quantitative estimate of drug-likeness (QED) is 0.818. The van der Waals surface area contributed by atoms with Crippen molar-refractivity contribution in [2.75, 3.05) is 13.7 Å². The monoisotopic (exact) mass is 286 g/mol. The number of hydrogen-bond acceptors (Lipinski definition) is 4. The van der Waals surface area contributed by atoms with Crippen molar-refractivity contribution >= 4 is 16.9 Å². The second kappa shape index (κ2) is 4.32. The number of H-pyrrole nitrogens is 1.